The molecule has 0 unspecified atom stereocenters. The molecule has 0 aliphatic rings. The van der Waals surface area contributed by atoms with Crippen molar-refractivity contribution in [2.45, 2.75) is 0 Å². The van der Waals surface area contributed by atoms with Crippen LogP contribution in [0.25, 0.3) is 0 Å². The standard InChI is InChI=1S/2C5H6N4O.Cu.2NO3/c2*6-4(9-10)5-7-2-1-3-8-5;;2*2-1(3)4/h2*1-3,10H,(H2,6,9);;;/q;;+2;2*-1. The van der Waals surface area contributed by atoms with E-state index in [9.17, 15) is 0 Å². The van der Waals surface area contributed by atoms with Gasteiger partial charge in [-0.15, -0.1) is 0 Å². The summed E-state index contributed by atoms with van der Waals surface area (Å²) in [5, 5.41) is 51.3. The molecule has 2 rings (SSSR count). The van der Waals surface area contributed by atoms with Gasteiger partial charge in [0.15, 0.2) is 11.6 Å². The summed E-state index contributed by atoms with van der Waals surface area (Å²) in [7, 11) is 0. The van der Waals surface area contributed by atoms with Crippen molar-refractivity contribution >= 4 is 11.7 Å². The molecular formula is C10H12CuN10O8. The molecule has 2 aromatic heterocycles. The fourth-order valence-corrected chi connectivity index (χ4v) is 0.952. The van der Waals surface area contributed by atoms with Crippen LogP contribution in [0.5, 0.6) is 0 Å². The van der Waals surface area contributed by atoms with E-state index < -0.39 is 10.2 Å². The van der Waals surface area contributed by atoms with Crippen LogP contribution in [0, 0.1) is 30.6 Å². The summed E-state index contributed by atoms with van der Waals surface area (Å²) in [6.07, 6.45) is 6.06. The molecule has 1 radical (unpaired) electrons. The number of nitrogens with two attached hydrogens (primary N) is 2. The first-order valence-corrected chi connectivity index (χ1v) is 6.28. The fraction of sp³-hybridized carbons (Fsp3) is 0. The van der Waals surface area contributed by atoms with Crippen LogP contribution in [0.2, 0.25) is 0 Å². The predicted molar refractivity (Wildman–Crippen MR) is 89.8 cm³/mol. The Labute approximate surface area is 170 Å². The van der Waals surface area contributed by atoms with E-state index in [4.69, 9.17) is 52.5 Å². The van der Waals surface area contributed by atoms with Crippen molar-refractivity contribution in [1.29, 1.82) is 0 Å². The monoisotopic (exact) mass is 463 g/mol. The largest absolute Gasteiger partial charge is 2.00 e. The van der Waals surface area contributed by atoms with E-state index in [1.807, 2.05) is 0 Å². The van der Waals surface area contributed by atoms with Gasteiger partial charge in [-0.3, -0.25) is 0 Å². The molecule has 0 saturated carbocycles. The molecule has 0 bridgehead atoms. The molecule has 0 aliphatic heterocycles. The summed E-state index contributed by atoms with van der Waals surface area (Å²) in [6, 6.07) is 3.29. The number of aromatic nitrogens is 4. The molecular weight excluding hydrogens is 452 g/mol. The van der Waals surface area contributed by atoms with Crippen LogP contribution >= 0.6 is 0 Å². The molecule has 0 spiro atoms. The Morgan fingerprint density at radius 2 is 0.966 bits per heavy atom. The van der Waals surface area contributed by atoms with Crippen molar-refractivity contribution in [2.75, 3.05) is 0 Å². The molecule has 0 atom stereocenters. The molecule has 19 heteroatoms. The van der Waals surface area contributed by atoms with Crippen LogP contribution in [0.1, 0.15) is 11.6 Å². The van der Waals surface area contributed by atoms with Crippen molar-refractivity contribution in [3.63, 3.8) is 0 Å². The van der Waals surface area contributed by atoms with Crippen molar-refractivity contribution < 1.29 is 37.7 Å². The minimum Gasteiger partial charge on any atom is -0.409 e. The smallest absolute Gasteiger partial charge is 0.409 e. The maximum absolute atomic E-state index is 8.25. The Balaban J connectivity index is -0.000000336. The van der Waals surface area contributed by atoms with Crippen LogP contribution < -0.4 is 11.5 Å². The minimum atomic E-state index is -1.75. The van der Waals surface area contributed by atoms with Gasteiger partial charge in [0.2, 0.25) is 11.7 Å². The minimum absolute atomic E-state index is 0. The zero-order valence-corrected chi connectivity index (χ0v) is 14.8. The molecule has 0 fully saturated rings. The number of hydrogen-bond donors (Lipinski definition) is 4. The van der Waals surface area contributed by atoms with Crippen molar-refractivity contribution in [3.8, 4) is 0 Å². The number of oxime groups is 2. The summed E-state index contributed by atoms with van der Waals surface area (Å²) in [5.74, 6) is 0.288. The van der Waals surface area contributed by atoms with Gasteiger partial charge in [-0.25, -0.2) is 19.9 Å². The van der Waals surface area contributed by atoms with E-state index in [-0.39, 0.29) is 40.4 Å². The van der Waals surface area contributed by atoms with E-state index in [1.54, 1.807) is 12.1 Å². The van der Waals surface area contributed by atoms with Crippen LogP contribution in [0.4, 0.5) is 0 Å². The van der Waals surface area contributed by atoms with Crippen LogP contribution in [-0.4, -0.2) is 52.2 Å². The molecule has 29 heavy (non-hydrogen) atoms. The Morgan fingerprint density at radius 1 is 0.759 bits per heavy atom. The second kappa shape index (κ2) is 18.4. The topological polar surface area (TPSA) is 301 Å². The molecule has 2 aromatic rings. The number of nitrogens with zero attached hydrogens (tertiary/aromatic N) is 8. The first-order chi connectivity index (χ1) is 13.1. The van der Waals surface area contributed by atoms with Gasteiger partial charge in [-0.1, -0.05) is 10.3 Å². The Hall–Kier alpha value is -4.38. The first-order valence-electron chi connectivity index (χ1n) is 6.28. The zero-order chi connectivity index (χ0) is 21.9. The van der Waals surface area contributed by atoms with Crippen molar-refractivity contribution in [2.24, 2.45) is 21.8 Å². The Bertz CT molecular complexity index is 690. The Morgan fingerprint density at radius 3 is 1.14 bits per heavy atom. The average molecular weight is 464 g/mol. The third-order valence-corrected chi connectivity index (χ3v) is 1.81. The zero-order valence-electron chi connectivity index (χ0n) is 13.8. The number of hydrogen-bond acceptors (Lipinski definition) is 14. The molecule has 161 valence electrons. The van der Waals surface area contributed by atoms with Gasteiger partial charge in [0, 0.05) is 24.8 Å². The van der Waals surface area contributed by atoms with Gasteiger partial charge in [-0.2, -0.15) is 0 Å². The molecule has 0 aromatic carbocycles. The second-order valence-electron chi connectivity index (χ2n) is 3.56. The fourth-order valence-electron chi connectivity index (χ4n) is 0.952. The number of rotatable bonds is 2. The van der Waals surface area contributed by atoms with E-state index in [0.717, 1.165) is 0 Å². The average Bonchev–Trinajstić information content (AvgIpc) is 2.67. The molecule has 0 saturated heterocycles. The maximum atomic E-state index is 8.25. The molecule has 0 amide bonds. The van der Waals surface area contributed by atoms with Gasteiger partial charge >= 0.3 is 17.1 Å². The number of amidine groups is 2. The quantitative estimate of drug-likeness (QED) is 0.0999. The summed E-state index contributed by atoms with van der Waals surface area (Å²) in [6.45, 7) is 0. The molecule has 0 aliphatic carbocycles. The van der Waals surface area contributed by atoms with Crippen molar-refractivity contribution in [1.82, 2.24) is 19.9 Å². The summed E-state index contributed by atoms with van der Waals surface area (Å²) >= 11 is 0. The van der Waals surface area contributed by atoms with E-state index in [0.29, 0.717) is 0 Å². The van der Waals surface area contributed by atoms with Gasteiger partial charge in [0.25, 0.3) is 0 Å². The third kappa shape index (κ3) is 19.8. The third-order valence-electron chi connectivity index (χ3n) is 1.81. The molecule has 6 N–H and O–H groups in total. The Kier molecular flexibility index (Phi) is 18.7. The normalized spacial score (nSPS) is 9.52. The van der Waals surface area contributed by atoms with Gasteiger partial charge in [0.1, 0.15) is 0 Å². The van der Waals surface area contributed by atoms with Gasteiger partial charge in [0.05, 0.1) is 10.2 Å². The predicted octanol–water partition coefficient (Wildman–Crippen LogP) is -1.34. The van der Waals surface area contributed by atoms with Crippen LogP contribution in [0.15, 0.2) is 47.2 Å². The van der Waals surface area contributed by atoms with Gasteiger partial charge in [-0.05, 0) is 12.1 Å². The SMILES string of the molecule is N/C(=N\O)c1ncccn1.N/C(=N\O)c1ncccn1.O=[N+]([O-])[O-].O=[N+]([O-])[O-].[Cu+2]. The van der Waals surface area contributed by atoms with E-state index in [2.05, 4.69) is 30.2 Å². The summed E-state index contributed by atoms with van der Waals surface area (Å²) in [4.78, 5) is 31.4. The van der Waals surface area contributed by atoms with Crippen LogP contribution in [0.3, 0.4) is 0 Å². The second-order valence-corrected chi connectivity index (χ2v) is 3.56. The van der Waals surface area contributed by atoms with Crippen LogP contribution in [-0.2, 0) is 17.1 Å². The van der Waals surface area contributed by atoms with E-state index in [1.165, 1.54) is 24.8 Å². The maximum Gasteiger partial charge on any atom is 2.00 e. The van der Waals surface area contributed by atoms with Crippen molar-refractivity contribution in [3.05, 3.63) is 79.2 Å². The first kappa shape index (κ1) is 29.4. The van der Waals surface area contributed by atoms with E-state index >= 15 is 0 Å². The molecule has 18 nitrogen and oxygen atoms in total. The summed E-state index contributed by atoms with van der Waals surface area (Å²) in [5.41, 5.74) is 10.3. The summed E-state index contributed by atoms with van der Waals surface area (Å²) < 4.78 is 0. The molecule has 2 heterocycles. The van der Waals surface area contributed by atoms with Gasteiger partial charge < -0.3 is 52.5 Å².